The molecule has 2 aromatic rings. The van der Waals surface area contributed by atoms with E-state index >= 15 is 0 Å². The fourth-order valence-electron chi connectivity index (χ4n) is 1.84. The highest BCUT2D eigenvalue weighted by Crippen LogP contribution is 2.31. The van der Waals surface area contributed by atoms with Crippen molar-refractivity contribution in [3.63, 3.8) is 0 Å². The van der Waals surface area contributed by atoms with Gasteiger partial charge in [0.05, 0.1) is 11.5 Å². The van der Waals surface area contributed by atoms with Crippen molar-refractivity contribution in [1.29, 1.82) is 0 Å². The lowest BCUT2D eigenvalue weighted by molar-refractivity contribution is -0.140. The van der Waals surface area contributed by atoms with E-state index in [4.69, 9.17) is 4.74 Å². The normalized spacial score (nSPS) is 10.6. The Kier molecular flexibility index (Phi) is 3.77. The number of hydrogen-bond acceptors (Lipinski definition) is 4. The van der Waals surface area contributed by atoms with Crippen LogP contribution in [-0.2, 0) is 9.53 Å². The van der Waals surface area contributed by atoms with Gasteiger partial charge in [-0.3, -0.25) is 9.59 Å². The van der Waals surface area contributed by atoms with Crippen LogP contribution in [0, 0.1) is 6.92 Å². The fraction of sp³-hybridized carbons (Fsp3) is 0.286. The van der Waals surface area contributed by atoms with Gasteiger partial charge < -0.3 is 4.74 Å². The van der Waals surface area contributed by atoms with Gasteiger partial charge in [0.1, 0.15) is 0 Å². The zero-order chi connectivity index (χ0) is 13.1. The minimum atomic E-state index is -0.351. The first-order valence-electron chi connectivity index (χ1n) is 5.74. The molecule has 1 aromatic carbocycles. The van der Waals surface area contributed by atoms with E-state index < -0.39 is 0 Å². The monoisotopic (exact) mass is 262 g/mol. The highest BCUT2D eigenvalue weighted by atomic mass is 32.1. The van der Waals surface area contributed by atoms with Crippen molar-refractivity contribution in [1.82, 2.24) is 0 Å². The van der Waals surface area contributed by atoms with Crippen molar-refractivity contribution >= 4 is 33.2 Å². The average Bonchev–Trinajstić information content (AvgIpc) is 2.67. The average molecular weight is 262 g/mol. The van der Waals surface area contributed by atoms with Crippen LogP contribution in [0.15, 0.2) is 24.3 Å². The molecule has 1 aromatic heterocycles. The zero-order valence-corrected chi connectivity index (χ0v) is 11.2. The maximum absolute atomic E-state index is 12.0. The first kappa shape index (κ1) is 12.8. The molecule has 3 nitrogen and oxygen atoms in total. The molecule has 2 rings (SSSR count). The third-order valence-corrected chi connectivity index (χ3v) is 4.05. The zero-order valence-electron chi connectivity index (χ0n) is 10.4. The van der Waals surface area contributed by atoms with Crippen LogP contribution in [-0.4, -0.2) is 18.4 Å². The number of benzene rings is 1. The molecule has 0 amide bonds. The number of rotatable bonds is 4. The Balaban J connectivity index is 2.17. The first-order valence-corrected chi connectivity index (χ1v) is 6.56. The van der Waals surface area contributed by atoms with Crippen LogP contribution in [0.5, 0.6) is 0 Å². The molecule has 1 heterocycles. The molecule has 0 aliphatic heterocycles. The lowest BCUT2D eigenvalue weighted by Gasteiger charge is -2.00. The summed E-state index contributed by atoms with van der Waals surface area (Å²) in [5, 5.41) is 1.12. The summed E-state index contributed by atoms with van der Waals surface area (Å²) in [5.41, 5.74) is 1.02. The molecule has 0 fully saturated rings. The van der Waals surface area contributed by atoms with E-state index in [9.17, 15) is 9.59 Å². The number of carbonyl (C=O) groups is 2. The summed E-state index contributed by atoms with van der Waals surface area (Å²) in [6.07, 6.45) is 0.243. The predicted octanol–water partition coefficient (Wildman–Crippen LogP) is 3.35. The highest BCUT2D eigenvalue weighted by Gasteiger charge is 2.15. The summed E-state index contributed by atoms with van der Waals surface area (Å²) in [5.74, 6) is -0.314. The summed E-state index contributed by atoms with van der Waals surface area (Å²) in [6, 6.07) is 7.96. The molecule has 0 N–H and O–H groups in total. The van der Waals surface area contributed by atoms with Crippen LogP contribution in [0.4, 0.5) is 0 Å². The molecular formula is C14H14O3S. The lowest BCUT2D eigenvalue weighted by Crippen LogP contribution is -2.07. The van der Waals surface area contributed by atoms with Crippen molar-refractivity contribution in [3.05, 3.63) is 34.7 Å². The number of hydrogen-bond donors (Lipinski definition) is 0. The Hall–Kier alpha value is -1.68. The van der Waals surface area contributed by atoms with Gasteiger partial charge in [0.25, 0.3) is 0 Å². The molecule has 94 valence electrons. The van der Waals surface area contributed by atoms with Crippen LogP contribution >= 0.6 is 11.3 Å². The summed E-state index contributed by atoms with van der Waals surface area (Å²) in [4.78, 5) is 23.4. The molecule has 0 spiro atoms. The van der Waals surface area contributed by atoms with Gasteiger partial charge in [0, 0.05) is 18.0 Å². The second-order valence-electron chi connectivity index (χ2n) is 4.07. The van der Waals surface area contributed by atoms with E-state index in [1.807, 2.05) is 31.2 Å². The van der Waals surface area contributed by atoms with Gasteiger partial charge >= 0.3 is 5.97 Å². The van der Waals surface area contributed by atoms with Crippen LogP contribution < -0.4 is 0 Å². The maximum Gasteiger partial charge on any atom is 0.302 e. The largest absolute Gasteiger partial charge is 0.465 e. The van der Waals surface area contributed by atoms with E-state index in [2.05, 4.69) is 0 Å². The van der Waals surface area contributed by atoms with Crippen LogP contribution in [0.2, 0.25) is 0 Å². The third kappa shape index (κ3) is 2.59. The second-order valence-corrected chi connectivity index (χ2v) is 5.12. The summed E-state index contributed by atoms with van der Waals surface area (Å²) in [7, 11) is 0. The smallest absolute Gasteiger partial charge is 0.302 e. The van der Waals surface area contributed by atoms with E-state index in [0.29, 0.717) is 0 Å². The number of carbonyl (C=O) groups excluding carboxylic acids is 2. The lowest BCUT2D eigenvalue weighted by atomic mass is 10.1. The number of esters is 1. The van der Waals surface area contributed by atoms with Gasteiger partial charge in [-0.1, -0.05) is 18.2 Å². The Morgan fingerprint density at radius 3 is 2.67 bits per heavy atom. The Morgan fingerprint density at radius 2 is 2.00 bits per heavy atom. The van der Waals surface area contributed by atoms with Crippen molar-refractivity contribution in [2.24, 2.45) is 0 Å². The van der Waals surface area contributed by atoms with Crippen molar-refractivity contribution in [3.8, 4) is 0 Å². The van der Waals surface area contributed by atoms with Gasteiger partial charge in [0.2, 0.25) is 0 Å². The van der Waals surface area contributed by atoms with E-state index in [1.165, 1.54) is 18.3 Å². The standard InChI is InChI=1S/C14H14O3S/c1-9-11-5-3-4-6-13(11)18-14(9)12(16)7-8-17-10(2)15/h3-6H,7-8H2,1-2H3. The number of aryl methyl sites for hydroxylation is 1. The molecule has 0 unspecified atom stereocenters. The van der Waals surface area contributed by atoms with Crippen molar-refractivity contribution in [2.75, 3.05) is 6.61 Å². The SMILES string of the molecule is CC(=O)OCCC(=O)c1sc2ccccc2c1C. The number of ketones is 1. The van der Waals surface area contributed by atoms with Crippen LogP contribution in [0.25, 0.3) is 10.1 Å². The molecule has 18 heavy (non-hydrogen) atoms. The summed E-state index contributed by atoms with van der Waals surface area (Å²) >= 11 is 1.50. The van der Waals surface area contributed by atoms with E-state index in [-0.39, 0.29) is 24.8 Å². The quantitative estimate of drug-likeness (QED) is 0.627. The molecule has 0 bridgehead atoms. The number of thiophene rings is 1. The maximum atomic E-state index is 12.0. The topological polar surface area (TPSA) is 43.4 Å². The fourth-order valence-corrected chi connectivity index (χ4v) is 3.02. The molecule has 4 heteroatoms. The third-order valence-electron chi connectivity index (χ3n) is 2.73. The van der Waals surface area contributed by atoms with Gasteiger partial charge in [-0.2, -0.15) is 0 Å². The molecule has 0 saturated heterocycles. The van der Waals surface area contributed by atoms with E-state index in [0.717, 1.165) is 20.5 Å². The Bertz CT molecular complexity index is 598. The summed E-state index contributed by atoms with van der Waals surface area (Å²) in [6.45, 7) is 3.45. The van der Waals surface area contributed by atoms with Crippen LogP contribution in [0.3, 0.4) is 0 Å². The van der Waals surface area contributed by atoms with Gasteiger partial charge in [-0.15, -0.1) is 11.3 Å². The minimum absolute atomic E-state index is 0.0370. The van der Waals surface area contributed by atoms with Gasteiger partial charge in [0.15, 0.2) is 5.78 Å². The molecule has 0 aliphatic rings. The minimum Gasteiger partial charge on any atom is -0.465 e. The molecule has 0 saturated carbocycles. The molecule has 0 aliphatic carbocycles. The number of ether oxygens (including phenoxy) is 1. The van der Waals surface area contributed by atoms with Crippen molar-refractivity contribution in [2.45, 2.75) is 20.3 Å². The Morgan fingerprint density at radius 1 is 1.28 bits per heavy atom. The molecule has 0 radical (unpaired) electrons. The molecule has 0 atom stereocenters. The number of Topliss-reactive ketones (excluding diaryl/α,β-unsaturated/α-hetero) is 1. The summed E-state index contributed by atoms with van der Waals surface area (Å²) < 4.78 is 5.91. The van der Waals surface area contributed by atoms with Crippen LogP contribution in [0.1, 0.15) is 28.6 Å². The first-order chi connectivity index (χ1) is 8.59. The number of fused-ring (bicyclic) bond motifs is 1. The van der Waals surface area contributed by atoms with Gasteiger partial charge in [-0.25, -0.2) is 0 Å². The van der Waals surface area contributed by atoms with Gasteiger partial charge in [-0.05, 0) is 23.9 Å². The van der Waals surface area contributed by atoms with Crippen molar-refractivity contribution < 1.29 is 14.3 Å². The highest BCUT2D eigenvalue weighted by molar-refractivity contribution is 7.21. The Labute approximate surface area is 109 Å². The molecular weight excluding hydrogens is 248 g/mol. The van der Waals surface area contributed by atoms with E-state index in [1.54, 1.807) is 0 Å². The predicted molar refractivity (Wildman–Crippen MR) is 72.1 cm³/mol. The second kappa shape index (κ2) is 5.31.